The van der Waals surface area contributed by atoms with Gasteiger partial charge in [0.1, 0.15) is 5.82 Å². The van der Waals surface area contributed by atoms with Crippen molar-refractivity contribution in [1.29, 1.82) is 0 Å². The van der Waals surface area contributed by atoms with Gasteiger partial charge in [-0.1, -0.05) is 41.9 Å². The van der Waals surface area contributed by atoms with E-state index in [1.54, 1.807) is 0 Å². The molecule has 1 heterocycles. The van der Waals surface area contributed by atoms with Crippen LogP contribution < -0.4 is 10.6 Å². The largest absolute Gasteiger partial charge is 0.353 e. The molecule has 3 aromatic rings. The van der Waals surface area contributed by atoms with Crippen LogP contribution in [0.15, 0.2) is 54.6 Å². The molecule has 0 unspecified atom stereocenters. The molecule has 0 saturated carbocycles. The second kappa shape index (κ2) is 9.34. The van der Waals surface area contributed by atoms with Crippen molar-refractivity contribution in [2.45, 2.75) is 0 Å². The molecule has 0 spiro atoms. The van der Waals surface area contributed by atoms with Gasteiger partial charge in [-0.25, -0.2) is 4.98 Å². The van der Waals surface area contributed by atoms with Gasteiger partial charge in [-0.15, -0.1) is 0 Å². The molecule has 0 aliphatic carbocycles. The second-order valence-electron chi connectivity index (χ2n) is 6.31. The first-order valence-electron chi connectivity index (χ1n) is 8.56. The fourth-order valence-electron chi connectivity index (χ4n) is 2.47. The van der Waals surface area contributed by atoms with Crippen molar-refractivity contribution in [2.75, 3.05) is 37.8 Å². The highest BCUT2D eigenvalue weighted by atomic mass is 127. The lowest BCUT2D eigenvalue weighted by Gasteiger charge is -2.14. The zero-order valence-electron chi connectivity index (χ0n) is 15.2. The average molecular weight is 494 g/mol. The topological polar surface area (TPSA) is 53.1 Å². The molecule has 27 heavy (non-hydrogen) atoms. The van der Waals surface area contributed by atoms with Gasteiger partial charge in [-0.3, -0.25) is 0 Å². The van der Waals surface area contributed by atoms with Crippen LogP contribution in [-0.4, -0.2) is 42.1 Å². The van der Waals surface area contributed by atoms with Crippen LogP contribution in [0.25, 0.3) is 11.3 Å². The predicted molar refractivity (Wildman–Crippen MR) is 122 cm³/mol. The van der Waals surface area contributed by atoms with Gasteiger partial charge in [0.2, 0.25) is 5.95 Å². The molecule has 0 aliphatic rings. The Morgan fingerprint density at radius 1 is 1.04 bits per heavy atom. The van der Waals surface area contributed by atoms with Gasteiger partial charge in [0.15, 0.2) is 0 Å². The quantitative estimate of drug-likeness (QED) is 0.448. The van der Waals surface area contributed by atoms with Gasteiger partial charge in [0, 0.05) is 28.3 Å². The summed E-state index contributed by atoms with van der Waals surface area (Å²) in [4.78, 5) is 11.4. The highest BCUT2D eigenvalue weighted by Crippen LogP contribution is 2.28. The maximum atomic E-state index is 6.36. The SMILES string of the molecule is CN(C)CCNc1nc(Nc2ccc(I)cc2Cl)cc(-c2ccccc2)n1. The molecule has 0 radical (unpaired) electrons. The minimum atomic E-state index is 0.585. The molecule has 1 aromatic heterocycles. The average Bonchev–Trinajstić information content (AvgIpc) is 2.64. The number of hydrogen-bond acceptors (Lipinski definition) is 5. The smallest absolute Gasteiger partial charge is 0.225 e. The van der Waals surface area contributed by atoms with Gasteiger partial charge in [0.05, 0.1) is 16.4 Å². The van der Waals surface area contributed by atoms with Crippen LogP contribution in [-0.2, 0) is 0 Å². The highest BCUT2D eigenvalue weighted by Gasteiger charge is 2.09. The lowest BCUT2D eigenvalue weighted by Crippen LogP contribution is -2.21. The van der Waals surface area contributed by atoms with Crippen LogP contribution in [0.1, 0.15) is 0 Å². The van der Waals surface area contributed by atoms with Crippen molar-refractivity contribution < 1.29 is 0 Å². The Hall–Kier alpha value is -1.90. The van der Waals surface area contributed by atoms with Gasteiger partial charge >= 0.3 is 0 Å². The molecule has 0 fully saturated rings. The Bertz CT molecular complexity index is 902. The zero-order valence-corrected chi connectivity index (χ0v) is 18.1. The maximum Gasteiger partial charge on any atom is 0.225 e. The van der Waals surface area contributed by atoms with Crippen LogP contribution in [0.3, 0.4) is 0 Å². The minimum absolute atomic E-state index is 0.585. The van der Waals surface area contributed by atoms with E-state index in [1.165, 1.54) is 0 Å². The molecule has 0 saturated heterocycles. The Morgan fingerprint density at radius 2 is 1.81 bits per heavy atom. The molecular formula is C20H21ClIN5. The van der Waals surface area contributed by atoms with E-state index < -0.39 is 0 Å². The molecule has 0 atom stereocenters. The first-order valence-corrected chi connectivity index (χ1v) is 10.0. The summed E-state index contributed by atoms with van der Waals surface area (Å²) in [5, 5.41) is 7.27. The van der Waals surface area contributed by atoms with Crippen molar-refractivity contribution in [2.24, 2.45) is 0 Å². The van der Waals surface area contributed by atoms with E-state index >= 15 is 0 Å². The third-order valence-electron chi connectivity index (χ3n) is 3.83. The molecule has 3 rings (SSSR count). The molecule has 0 bridgehead atoms. The van der Waals surface area contributed by atoms with Crippen molar-refractivity contribution in [3.8, 4) is 11.3 Å². The summed E-state index contributed by atoms with van der Waals surface area (Å²) >= 11 is 8.60. The van der Waals surface area contributed by atoms with Gasteiger partial charge in [-0.2, -0.15) is 4.98 Å². The molecule has 0 amide bonds. The van der Waals surface area contributed by atoms with Crippen LogP contribution in [0.2, 0.25) is 5.02 Å². The van der Waals surface area contributed by atoms with Crippen molar-refractivity contribution in [3.05, 3.63) is 63.2 Å². The van der Waals surface area contributed by atoms with E-state index in [2.05, 4.69) is 48.1 Å². The molecule has 140 valence electrons. The fourth-order valence-corrected chi connectivity index (χ4v) is 3.37. The number of rotatable bonds is 7. The molecule has 7 heteroatoms. The Balaban J connectivity index is 1.91. The standard InChI is InChI=1S/C20H21ClIN5/c1-27(2)11-10-23-20-25-18(14-6-4-3-5-7-14)13-19(26-20)24-17-9-8-15(22)12-16(17)21/h3-9,12-13H,10-11H2,1-2H3,(H2,23,24,25,26). The molecule has 0 aliphatic heterocycles. The number of nitrogens with zero attached hydrogens (tertiary/aromatic N) is 3. The summed E-state index contributed by atoms with van der Waals surface area (Å²) in [6.45, 7) is 1.65. The summed E-state index contributed by atoms with van der Waals surface area (Å²) < 4.78 is 1.09. The molecule has 5 nitrogen and oxygen atoms in total. The van der Waals surface area contributed by atoms with Crippen LogP contribution in [0.4, 0.5) is 17.5 Å². The van der Waals surface area contributed by atoms with Crippen molar-refractivity contribution >= 4 is 51.6 Å². The summed E-state index contributed by atoms with van der Waals surface area (Å²) in [6, 6.07) is 17.9. The van der Waals surface area contributed by atoms with Gasteiger partial charge in [-0.05, 0) is 54.9 Å². The molecule has 2 aromatic carbocycles. The summed E-state index contributed by atoms with van der Waals surface area (Å²) in [5.41, 5.74) is 2.70. The number of halogens is 2. The fraction of sp³-hybridized carbons (Fsp3) is 0.200. The van der Waals surface area contributed by atoms with Gasteiger partial charge in [0.25, 0.3) is 0 Å². The Labute approximate surface area is 178 Å². The van der Waals surface area contributed by atoms with E-state index in [0.717, 1.165) is 33.6 Å². The van der Waals surface area contributed by atoms with Crippen LogP contribution >= 0.6 is 34.2 Å². The predicted octanol–water partition coefficient (Wildman–Crippen LogP) is 5.12. The molecule has 2 N–H and O–H groups in total. The Kier molecular flexibility index (Phi) is 6.87. The van der Waals surface area contributed by atoms with Crippen molar-refractivity contribution in [3.63, 3.8) is 0 Å². The molecular weight excluding hydrogens is 473 g/mol. The maximum absolute atomic E-state index is 6.36. The third-order valence-corrected chi connectivity index (χ3v) is 4.82. The lowest BCUT2D eigenvalue weighted by atomic mass is 10.1. The monoisotopic (exact) mass is 493 g/mol. The summed E-state index contributed by atoms with van der Waals surface area (Å²) in [5.74, 6) is 1.28. The van der Waals surface area contributed by atoms with E-state index in [0.29, 0.717) is 16.8 Å². The van der Waals surface area contributed by atoms with E-state index in [-0.39, 0.29) is 0 Å². The first kappa shape index (κ1) is 19.9. The van der Waals surface area contributed by atoms with Crippen LogP contribution in [0, 0.1) is 3.57 Å². The second-order valence-corrected chi connectivity index (χ2v) is 7.96. The number of aromatic nitrogens is 2. The van der Waals surface area contributed by atoms with E-state index in [9.17, 15) is 0 Å². The first-order chi connectivity index (χ1) is 13.0. The highest BCUT2D eigenvalue weighted by molar-refractivity contribution is 14.1. The third kappa shape index (κ3) is 5.79. The Morgan fingerprint density at radius 3 is 2.52 bits per heavy atom. The van der Waals surface area contributed by atoms with E-state index in [1.807, 2.05) is 68.7 Å². The number of likely N-dealkylation sites (N-methyl/N-ethyl adjacent to an activating group) is 1. The zero-order chi connectivity index (χ0) is 19.2. The van der Waals surface area contributed by atoms with E-state index in [4.69, 9.17) is 11.6 Å². The number of anilines is 3. The van der Waals surface area contributed by atoms with Crippen molar-refractivity contribution in [1.82, 2.24) is 14.9 Å². The van der Waals surface area contributed by atoms with Crippen LogP contribution in [0.5, 0.6) is 0 Å². The minimum Gasteiger partial charge on any atom is -0.353 e. The summed E-state index contributed by atoms with van der Waals surface area (Å²) in [6.07, 6.45) is 0. The lowest BCUT2D eigenvalue weighted by molar-refractivity contribution is 0.425. The number of benzene rings is 2. The normalized spacial score (nSPS) is 10.9. The number of nitrogens with one attached hydrogen (secondary N) is 2. The summed E-state index contributed by atoms with van der Waals surface area (Å²) in [7, 11) is 4.07. The van der Waals surface area contributed by atoms with Gasteiger partial charge < -0.3 is 15.5 Å². The number of hydrogen-bond donors (Lipinski definition) is 2.